The second-order valence-electron chi connectivity index (χ2n) is 9.15. The standard InChI is InChI=1S/C26H25F3N6O3S/c1-26(28,29)14-38-19-8-15(7-17(27)9-19)3-5-18-10-20-23(25(37)32-18)24(33-22(36)13-39-2)35(34-20)21-6-4-16(11-30)12-31-21/h4,6-9,12,18H,3,5,10,13-14H2,1-2H3,(H,32,37)(H,33,36). The van der Waals surface area contributed by atoms with Gasteiger partial charge in [-0.2, -0.15) is 26.8 Å². The van der Waals surface area contributed by atoms with E-state index in [4.69, 9.17) is 10.00 Å². The molecule has 0 fully saturated rings. The van der Waals surface area contributed by atoms with E-state index in [1.54, 1.807) is 18.4 Å². The minimum atomic E-state index is -3.05. The summed E-state index contributed by atoms with van der Waals surface area (Å²) in [6.45, 7) is -0.157. The number of nitrogens with one attached hydrogen (secondary N) is 2. The van der Waals surface area contributed by atoms with Crippen LogP contribution in [-0.2, 0) is 17.6 Å². The molecule has 1 atom stereocenters. The summed E-state index contributed by atoms with van der Waals surface area (Å²) in [4.78, 5) is 29.8. The average Bonchev–Trinajstić information content (AvgIpc) is 3.24. The molecule has 0 aliphatic carbocycles. The van der Waals surface area contributed by atoms with E-state index in [1.165, 1.54) is 34.8 Å². The number of amides is 2. The third-order valence-electron chi connectivity index (χ3n) is 5.79. The molecule has 4 rings (SSSR count). The number of nitrogens with zero attached hydrogens (tertiary/aromatic N) is 4. The van der Waals surface area contributed by atoms with E-state index in [1.807, 2.05) is 6.07 Å². The lowest BCUT2D eigenvalue weighted by molar-refractivity contribution is -0.113. The average molecular weight is 559 g/mol. The van der Waals surface area contributed by atoms with Crippen molar-refractivity contribution in [3.8, 4) is 17.6 Å². The first-order valence-electron chi connectivity index (χ1n) is 11.9. The highest BCUT2D eigenvalue weighted by molar-refractivity contribution is 7.99. The number of pyridine rings is 1. The fourth-order valence-electron chi connectivity index (χ4n) is 4.12. The first-order valence-corrected chi connectivity index (χ1v) is 13.3. The molecular weight excluding hydrogens is 533 g/mol. The molecule has 2 N–H and O–H groups in total. The normalized spacial score (nSPS) is 14.8. The molecule has 0 saturated heterocycles. The van der Waals surface area contributed by atoms with Gasteiger partial charge in [-0.1, -0.05) is 0 Å². The molecule has 3 heterocycles. The Morgan fingerprint density at radius 1 is 1.36 bits per heavy atom. The molecule has 3 aromatic rings. The summed E-state index contributed by atoms with van der Waals surface area (Å²) in [5, 5.41) is 19.3. The lowest BCUT2D eigenvalue weighted by atomic mass is 9.96. The predicted octanol–water partition coefficient (Wildman–Crippen LogP) is 3.90. The number of carbonyl (C=O) groups is 2. The highest BCUT2D eigenvalue weighted by atomic mass is 32.2. The summed E-state index contributed by atoms with van der Waals surface area (Å²) in [5.74, 6) is -3.76. The zero-order valence-corrected chi connectivity index (χ0v) is 21.9. The Hall–Kier alpha value is -4.05. The first-order chi connectivity index (χ1) is 18.6. The van der Waals surface area contributed by atoms with Crippen LogP contribution >= 0.6 is 11.8 Å². The smallest absolute Gasteiger partial charge is 0.278 e. The number of hydrogen-bond acceptors (Lipinski definition) is 7. The zero-order valence-electron chi connectivity index (χ0n) is 21.1. The molecule has 1 unspecified atom stereocenters. The van der Waals surface area contributed by atoms with E-state index in [0.717, 1.165) is 6.07 Å². The Labute approximate surface area is 226 Å². The number of alkyl halides is 2. The molecule has 1 aliphatic heterocycles. The van der Waals surface area contributed by atoms with Crippen LogP contribution in [0.4, 0.5) is 19.0 Å². The topological polar surface area (TPSA) is 122 Å². The van der Waals surface area contributed by atoms with Crippen molar-refractivity contribution in [3.05, 3.63) is 64.7 Å². The number of hydrogen-bond donors (Lipinski definition) is 2. The van der Waals surface area contributed by atoms with Gasteiger partial charge in [0.15, 0.2) is 18.2 Å². The molecule has 13 heteroatoms. The van der Waals surface area contributed by atoms with Crippen LogP contribution < -0.4 is 15.4 Å². The number of halogens is 3. The third-order valence-corrected chi connectivity index (χ3v) is 6.34. The molecule has 2 amide bonds. The lowest BCUT2D eigenvalue weighted by Gasteiger charge is -2.23. The van der Waals surface area contributed by atoms with Gasteiger partial charge < -0.3 is 15.4 Å². The summed E-state index contributed by atoms with van der Waals surface area (Å²) in [6.07, 6.45) is 4.22. The van der Waals surface area contributed by atoms with Crippen molar-refractivity contribution in [1.82, 2.24) is 20.1 Å². The summed E-state index contributed by atoms with van der Waals surface area (Å²) < 4.78 is 46.7. The minimum absolute atomic E-state index is 0.000719. The highest BCUT2D eigenvalue weighted by Gasteiger charge is 2.33. The summed E-state index contributed by atoms with van der Waals surface area (Å²) in [7, 11) is 0. The summed E-state index contributed by atoms with van der Waals surface area (Å²) >= 11 is 1.32. The number of nitriles is 1. The number of ether oxygens (including phenoxy) is 1. The van der Waals surface area contributed by atoms with Gasteiger partial charge in [-0.05, 0) is 48.9 Å². The molecular formula is C26H25F3N6O3S. The highest BCUT2D eigenvalue weighted by Crippen LogP contribution is 2.29. The SMILES string of the molecule is CSCC(=O)Nc1c2c(nn1-c1ccc(C#N)cn1)CC(CCc1cc(F)cc(OCC(C)(F)F)c1)NC2=O. The monoisotopic (exact) mass is 558 g/mol. The van der Waals surface area contributed by atoms with Crippen LogP contribution in [0.25, 0.3) is 5.82 Å². The molecule has 0 spiro atoms. The molecule has 1 aromatic carbocycles. The second kappa shape index (κ2) is 11.8. The van der Waals surface area contributed by atoms with Gasteiger partial charge in [0.1, 0.15) is 23.2 Å². The van der Waals surface area contributed by atoms with Crippen LogP contribution in [0.1, 0.15) is 40.5 Å². The number of thioether (sulfide) groups is 1. The quantitative estimate of drug-likeness (QED) is 0.387. The van der Waals surface area contributed by atoms with Crippen molar-refractivity contribution in [1.29, 1.82) is 5.26 Å². The van der Waals surface area contributed by atoms with Crippen LogP contribution in [0.15, 0.2) is 36.5 Å². The van der Waals surface area contributed by atoms with Gasteiger partial charge in [-0.3, -0.25) is 9.59 Å². The van der Waals surface area contributed by atoms with Crippen molar-refractivity contribution in [2.75, 3.05) is 23.9 Å². The number of aromatic nitrogens is 3. The van der Waals surface area contributed by atoms with Crippen LogP contribution in [0.2, 0.25) is 0 Å². The van der Waals surface area contributed by atoms with Gasteiger partial charge in [0.2, 0.25) is 5.91 Å². The van der Waals surface area contributed by atoms with Crippen LogP contribution in [-0.4, -0.2) is 57.2 Å². The molecule has 0 radical (unpaired) electrons. The number of carbonyl (C=O) groups excluding carboxylic acids is 2. The van der Waals surface area contributed by atoms with E-state index < -0.39 is 24.3 Å². The maximum atomic E-state index is 14.1. The first kappa shape index (κ1) is 28.0. The third kappa shape index (κ3) is 7.08. The molecule has 39 heavy (non-hydrogen) atoms. The van der Waals surface area contributed by atoms with Gasteiger partial charge in [-0.15, -0.1) is 0 Å². The number of benzene rings is 1. The Bertz CT molecular complexity index is 1420. The zero-order chi connectivity index (χ0) is 28.2. The lowest BCUT2D eigenvalue weighted by Crippen LogP contribution is -2.41. The Morgan fingerprint density at radius 2 is 2.15 bits per heavy atom. The maximum absolute atomic E-state index is 14.1. The molecule has 9 nitrogen and oxygen atoms in total. The van der Waals surface area contributed by atoms with Crippen molar-refractivity contribution in [2.45, 2.75) is 38.2 Å². The second-order valence-corrected chi connectivity index (χ2v) is 10.0. The van der Waals surface area contributed by atoms with E-state index in [9.17, 15) is 22.8 Å². The van der Waals surface area contributed by atoms with Crippen molar-refractivity contribution in [3.63, 3.8) is 0 Å². The van der Waals surface area contributed by atoms with E-state index in [0.29, 0.717) is 48.8 Å². The van der Waals surface area contributed by atoms with Gasteiger partial charge in [0, 0.05) is 31.6 Å². The van der Waals surface area contributed by atoms with E-state index in [-0.39, 0.29) is 34.8 Å². The number of rotatable bonds is 10. The van der Waals surface area contributed by atoms with Crippen molar-refractivity contribution in [2.24, 2.45) is 0 Å². The number of aryl methyl sites for hydroxylation is 1. The fraction of sp³-hybridized carbons (Fsp3) is 0.346. The van der Waals surface area contributed by atoms with Crippen molar-refractivity contribution < 1.29 is 27.5 Å². The number of fused-ring (bicyclic) bond motifs is 1. The van der Waals surface area contributed by atoms with Gasteiger partial charge in [-0.25, -0.2) is 18.2 Å². The fourth-order valence-corrected chi connectivity index (χ4v) is 4.45. The number of anilines is 1. The van der Waals surface area contributed by atoms with Crippen LogP contribution in [0.5, 0.6) is 5.75 Å². The van der Waals surface area contributed by atoms with Gasteiger partial charge in [0.05, 0.1) is 17.0 Å². The summed E-state index contributed by atoms with van der Waals surface area (Å²) in [5.41, 5.74) is 1.54. The van der Waals surface area contributed by atoms with Crippen LogP contribution in [0.3, 0.4) is 0 Å². The Kier molecular flexibility index (Phi) is 8.44. The molecule has 1 aliphatic rings. The summed E-state index contributed by atoms with van der Waals surface area (Å²) in [6, 6.07) is 8.57. The maximum Gasteiger partial charge on any atom is 0.278 e. The molecule has 0 bridgehead atoms. The minimum Gasteiger partial charge on any atom is -0.487 e. The van der Waals surface area contributed by atoms with E-state index >= 15 is 0 Å². The largest absolute Gasteiger partial charge is 0.487 e. The van der Waals surface area contributed by atoms with E-state index in [2.05, 4.69) is 20.7 Å². The molecule has 204 valence electrons. The van der Waals surface area contributed by atoms with Gasteiger partial charge in [0.25, 0.3) is 11.8 Å². The Balaban J connectivity index is 1.55. The van der Waals surface area contributed by atoms with Crippen LogP contribution in [0, 0.1) is 17.1 Å². The molecule has 2 aromatic heterocycles. The molecule has 0 saturated carbocycles. The Morgan fingerprint density at radius 3 is 2.82 bits per heavy atom. The van der Waals surface area contributed by atoms with Crippen molar-refractivity contribution >= 4 is 29.4 Å². The van der Waals surface area contributed by atoms with Gasteiger partial charge >= 0.3 is 0 Å². The predicted molar refractivity (Wildman–Crippen MR) is 139 cm³/mol.